The molecule has 0 bridgehead atoms. The number of benzene rings is 1. The summed E-state index contributed by atoms with van der Waals surface area (Å²) in [5.74, 6) is 2.26. The molecule has 3 nitrogen and oxygen atoms in total. The third-order valence-corrected chi connectivity index (χ3v) is 4.06. The van der Waals surface area contributed by atoms with Crippen molar-refractivity contribution in [3.8, 4) is 5.75 Å². The Morgan fingerprint density at radius 1 is 1.24 bits per heavy atom. The molecule has 0 saturated carbocycles. The first-order chi connectivity index (χ1) is 10.0. The van der Waals surface area contributed by atoms with Crippen LogP contribution in [0.15, 0.2) is 24.3 Å². The molecule has 0 N–H and O–H groups in total. The lowest BCUT2D eigenvalue weighted by Gasteiger charge is -2.32. The summed E-state index contributed by atoms with van der Waals surface area (Å²) in [7, 11) is 0. The molecule has 1 aromatic rings. The third kappa shape index (κ3) is 5.07. The minimum atomic E-state index is 0.308. The smallest absolute Gasteiger partial charge is 0.222 e. The number of ether oxygens (including phenoxy) is 1. The van der Waals surface area contributed by atoms with E-state index in [1.54, 1.807) is 0 Å². The van der Waals surface area contributed by atoms with E-state index in [-0.39, 0.29) is 0 Å². The van der Waals surface area contributed by atoms with Gasteiger partial charge in [0.25, 0.3) is 0 Å². The van der Waals surface area contributed by atoms with E-state index < -0.39 is 0 Å². The number of likely N-dealkylation sites (tertiary alicyclic amines) is 1. The van der Waals surface area contributed by atoms with Crippen LogP contribution in [0.4, 0.5) is 0 Å². The van der Waals surface area contributed by atoms with Crippen LogP contribution in [0, 0.1) is 18.8 Å². The Bertz CT molecular complexity index is 445. The summed E-state index contributed by atoms with van der Waals surface area (Å²) < 4.78 is 5.86. The number of rotatable bonds is 5. The first kappa shape index (κ1) is 15.9. The van der Waals surface area contributed by atoms with Gasteiger partial charge < -0.3 is 9.64 Å². The molecule has 1 aromatic carbocycles. The van der Waals surface area contributed by atoms with Crippen LogP contribution in [0.25, 0.3) is 0 Å². The van der Waals surface area contributed by atoms with E-state index in [9.17, 15) is 4.79 Å². The monoisotopic (exact) mass is 289 g/mol. The second-order valence-electron chi connectivity index (χ2n) is 6.55. The van der Waals surface area contributed by atoms with Crippen LogP contribution >= 0.6 is 0 Å². The number of carbonyl (C=O) groups is 1. The summed E-state index contributed by atoms with van der Waals surface area (Å²) in [5.41, 5.74) is 1.25. The van der Waals surface area contributed by atoms with E-state index in [4.69, 9.17) is 4.74 Å². The second kappa shape index (κ2) is 7.48. The highest BCUT2D eigenvalue weighted by Crippen LogP contribution is 2.20. The highest BCUT2D eigenvalue weighted by Gasteiger charge is 2.23. The molecule has 116 valence electrons. The zero-order chi connectivity index (χ0) is 15.2. The Morgan fingerprint density at radius 3 is 2.43 bits per heavy atom. The molecule has 0 aromatic heterocycles. The molecule has 1 aliphatic heterocycles. The maximum absolute atomic E-state index is 12.0. The summed E-state index contributed by atoms with van der Waals surface area (Å²) in [6.45, 7) is 8.80. The van der Waals surface area contributed by atoms with Crippen LogP contribution in [0.2, 0.25) is 0 Å². The lowest BCUT2D eigenvalue weighted by atomic mass is 9.97. The average molecular weight is 289 g/mol. The highest BCUT2D eigenvalue weighted by molar-refractivity contribution is 5.76. The number of amides is 1. The molecule has 0 spiro atoms. The third-order valence-electron chi connectivity index (χ3n) is 4.06. The second-order valence-corrected chi connectivity index (χ2v) is 6.55. The number of aryl methyl sites for hydroxylation is 1. The van der Waals surface area contributed by atoms with Gasteiger partial charge in [-0.25, -0.2) is 0 Å². The van der Waals surface area contributed by atoms with E-state index in [0.29, 0.717) is 24.2 Å². The largest absolute Gasteiger partial charge is 0.493 e. The van der Waals surface area contributed by atoms with Crippen LogP contribution in [0.5, 0.6) is 5.75 Å². The van der Waals surface area contributed by atoms with Gasteiger partial charge in [0.05, 0.1) is 6.61 Å². The van der Waals surface area contributed by atoms with Gasteiger partial charge in [-0.1, -0.05) is 31.5 Å². The molecule has 1 fully saturated rings. The van der Waals surface area contributed by atoms with Crippen molar-refractivity contribution in [2.75, 3.05) is 19.7 Å². The molecule has 1 heterocycles. The predicted octanol–water partition coefficient (Wildman–Crippen LogP) is 3.66. The predicted molar refractivity (Wildman–Crippen MR) is 85.4 cm³/mol. The van der Waals surface area contributed by atoms with E-state index in [0.717, 1.165) is 38.3 Å². The van der Waals surface area contributed by atoms with Gasteiger partial charge in [-0.3, -0.25) is 4.79 Å². The van der Waals surface area contributed by atoms with Gasteiger partial charge in [-0.05, 0) is 43.7 Å². The summed E-state index contributed by atoms with van der Waals surface area (Å²) in [5, 5.41) is 0. The number of carbonyl (C=O) groups excluding carboxylic acids is 1. The Kier molecular flexibility index (Phi) is 5.66. The first-order valence-electron chi connectivity index (χ1n) is 8.02. The number of nitrogens with zero attached hydrogens (tertiary/aromatic N) is 1. The van der Waals surface area contributed by atoms with Crippen molar-refractivity contribution in [3.63, 3.8) is 0 Å². The standard InChI is InChI=1S/C18H27NO2/c1-14(2)12-18(20)19-10-8-16(9-11-19)13-21-17-6-4-15(3)5-7-17/h4-7,14,16H,8-13H2,1-3H3. The lowest BCUT2D eigenvalue weighted by Crippen LogP contribution is -2.40. The summed E-state index contributed by atoms with van der Waals surface area (Å²) in [6.07, 6.45) is 2.77. The van der Waals surface area contributed by atoms with Crippen LogP contribution in [0.3, 0.4) is 0 Å². The fourth-order valence-electron chi connectivity index (χ4n) is 2.68. The molecule has 2 rings (SSSR count). The van der Waals surface area contributed by atoms with Crippen molar-refractivity contribution < 1.29 is 9.53 Å². The molecule has 0 unspecified atom stereocenters. The van der Waals surface area contributed by atoms with Gasteiger partial charge in [0, 0.05) is 19.5 Å². The number of piperidine rings is 1. The number of hydrogen-bond donors (Lipinski definition) is 0. The fraction of sp³-hybridized carbons (Fsp3) is 0.611. The Balaban J connectivity index is 1.71. The van der Waals surface area contributed by atoms with Gasteiger partial charge in [0.2, 0.25) is 5.91 Å². The molecule has 21 heavy (non-hydrogen) atoms. The maximum Gasteiger partial charge on any atom is 0.222 e. The summed E-state index contributed by atoms with van der Waals surface area (Å²) in [6, 6.07) is 8.19. The van der Waals surface area contributed by atoms with Gasteiger partial charge in [0.1, 0.15) is 5.75 Å². The lowest BCUT2D eigenvalue weighted by molar-refractivity contribution is -0.133. The van der Waals surface area contributed by atoms with Crippen LogP contribution in [-0.4, -0.2) is 30.5 Å². The normalized spacial score (nSPS) is 16.3. The maximum atomic E-state index is 12.0. The van der Waals surface area contributed by atoms with Gasteiger partial charge in [-0.2, -0.15) is 0 Å². The van der Waals surface area contributed by atoms with Crippen molar-refractivity contribution in [1.82, 2.24) is 4.90 Å². The van der Waals surface area contributed by atoms with Crippen molar-refractivity contribution in [2.45, 2.75) is 40.0 Å². The van der Waals surface area contributed by atoms with Crippen LogP contribution < -0.4 is 4.74 Å². The van der Waals surface area contributed by atoms with Crippen molar-refractivity contribution in [3.05, 3.63) is 29.8 Å². The topological polar surface area (TPSA) is 29.5 Å². The molecule has 0 radical (unpaired) electrons. The average Bonchev–Trinajstić information content (AvgIpc) is 2.46. The molecule has 1 saturated heterocycles. The minimum absolute atomic E-state index is 0.308. The Hall–Kier alpha value is -1.51. The van der Waals surface area contributed by atoms with Gasteiger partial charge in [0.15, 0.2) is 0 Å². The van der Waals surface area contributed by atoms with Crippen molar-refractivity contribution in [1.29, 1.82) is 0 Å². The molecular weight excluding hydrogens is 262 g/mol. The molecular formula is C18H27NO2. The van der Waals surface area contributed by atoms with Crippen molar-refractivity contribution in [2.24, 2.45) is 11.8 Å². The van der Waals surface area contributed by atoms with Crippen LogP contribution in [0.1, 0.15) is 38.7 Å². The fourth-order valence-corrected chi connectivity index (χ4v) is 2.68. The molecule has 0 aliphatic carbocycles. The van der Waals surface area contributed by atoms with Crippen LogP contribution in [-0.2, 0) is 4.79 Å². The minimum Gasteiger partial charge on any atom is -0.493 e. The first-order valence-corrected chi connectivity index (χ1v) is 8.02. The van der Waals surface area contributed by atoms with E-state index in [2.05, 4.69) is 32.9 Å². The summed E-state index contributed by atoms with van der Waals surface area (Å²) in [4.78, 5) is 14.0. The molecule has 1 aliphatic rings. The molecule has 3 heteroatoms. The number of hydrogen-bond acceptors (Lipinski definition) is 2. The quantitative estimate of drug-likeness (QED) is 0.828. The Labute approximate surface area is 128 Å². The molecule has 0 atom stereocenters. The SMILES string of the molecule is Cc1ccc(OCC2CCN(C(=O)CC(C)C)CC2)cc1. The molecule has 1 amide bonds. The zero-order valence-electron chi connectivity index (χ0n) is 13.5. The van der Waals surface area contributed by atoms with E-state index in [1.165, 1.54) is 5.56 Å². The van der Waals surface area contributed by atoms with E-state index in [1.807, 2.05) is 17.0 Å². The van der Waals surface area contributed by atoms with Gasteiger partial charge in [-0.15, -0.1) is 0 Å². The van der Waals surface area contributed by atoms with Crippen molar-refractivity contribution >= 4 is 5.91 Å². The Morgan fingerprint density at radius 2 is 1.86 bits per heavy atom. The van der Waals surface area contributed by atoms with E-state index >= 15 is 0 Å². The highest BCUT2D eigenvalue weighted by atomic mass is 16.5. The zero-order valence-corrected chi connectivity index (χ0v) is 13.5. The van der Waals surface area contributed by atoms with Gasteiger partial charge >= 0.3 is 0 Å². The summed E-state index contributed by atoms with van der Waals surface area (Å²) >= 11 is 0.